The van der Waals surface area contributed by atoms with Crippen LogP contribution in [0.25, 0.3) is 22.4 Å². The zero-order valence-corrected chi connectivity index (χ0v) is 12.7. The summed E-state index contributed by atoms with van der Waals surface area (Å²) in [4.78, 5) is 17.1. The summed E-state index contributed by atoms with van der Waals surface area (Å²) in [6.45, 7) is 3.37. The largest absolute Gasteiger partial charge is 0.356 e. The number of piperidine rings is 1. The maximum Gasteiger partial charge on any atom is 0.230 e. The van der Waals surface area contributed by atoms with Crippen molar-refractivity contribution in [2.75, 3.05) is 13.1 Å². The first-order chi connectivity index (χ1) is 11.2. The molecule has 0 spiro atoms. The first-order valence-corrected chi connectivity index (χ1v) is 7.64. The van der Waals surface area contributed by atoms with Gasteiger partial charge in [-0.05, 0) is 31.9 Å². The Kier molecular flexibility index (Phi) is 3.33. The minimum absolute atomic E-state index is 0.212. The van der Waals surface area contributed by atoms with Crippen molar-refractivity contribution >= 4 is 17.4 Å². The number of benzene rings is 1. The molecule has 4 rings (SSSR count). The molecule has 1 fully saturated rings. The third-order valence-corrected chi connectivity index (χ3v) is 4.38. The summed E-state index contributed by atoms with van der Waals surface area (Å²) in [5.41, 5.74) is 2.42. The van der Waals surface area contributed by atoms with Crippen molar-refractivity contribution in [1.29, 1.82) is 0 Å². The Balaban J connectivity index is 1.58. The van der Waals surface area contributed by atoms with Gasteiger partial charge in [-0.1, -0.05) is 16.4 Å². The maximum atomic E-state index is 10.8. The van der Waals surface area contributed by atoms with Gasteiger partial charge in [-0.15, -0.1) is 0 Å². The number of likely N-dealkylation sites (tertiary alicyclic amines) is 1. The van der Waals surface area contributed by atoms with Crippen LogP contribution in [-0.2, 0) is 4.79 Å². The second-order valence-electron chi connectivity index (χ2n) is 5.85. The second-order valence-corrected chi connectivity index (χ2v) is 5.85. The molecule has 0 atom stereocenters. The lowest BCUT2D eigenvalue weighted by molar-refractivity contribution is -0.119. The van der Waals surface area contributed by atoms with Crippen LogP contribution in [0.2, 0.25) is 0 Å². The van der Waals surface area contributed by atoms with Gasteiger partial charge >= 0.3 is 0 Å². The van der Waals surface area contributed by atoms with Crippen LogP contribution in [0.3, 0.4) is 0 Å². The lowest BCUT2D eigenvalue weighted by Gasteiger charge is -2.26. The average molecular weight is 312 g/mol. The van der Waals surface area contributed by atoms with Gasteiger partial charge in [-0.25, -0.2) is 0 Å². The molecule has 1 aliphatic heterocycles. The predicted molar refractivity (Wildman–Crippen MR) is 81.7 cm³/mol. The summed E-state index contributed by atoms with van der Waals surface area (Å²) in [7, 11) is 0. The van der Waals surface area contributed by atoms with Gasteiger partial charge in [-0.2, -0.15) is 4.98 Å². The number of fused-ring (bicyclic) bond motifs is 1. The molecule has 0 bridgehead atoms. The number of carbonyl (C=O) groups excluding carboxylic acids is 1. The predicted octanol–water partition coefficient (Wildman–Crippen LogP) is 2.52. The molecule has 1 amide bonds. The summed E-state index contributed by atoms with van der Waals surface area (Å²) < 4.78 is 10.7. The van der Waals surface area contributed by atoms with E-state index in [9.17, 15) is 4.79 Å². The highest BCUT2D eigenvalue weighted by molar-refractivity contribution is 5.83. The van der Waals surface area contributed by atoms with Crippen molar-refractivity contribution in [3.63, 3.8) is 0 Å². The molecule has 0 saturated carbocycles. The van der Waals surface area contributed by atoms with Gasteiger partial charge in [0.15, 0.2) is 5.58 Å². The highest BCUT2D eigenvalue weighted by Crippen LogP contribution is 2.29. The minimum Gasteiger partial charge on any atom is -0.356 e. The summed E-state index contributed by atoms with van der Waals surface area (Å²) in [5.74, 6) is 1.40. The fraction of sp³-hybridized carbons (Fsp3) is 0.375. The number of rotatable bonds is 3. The Morgan fingerprint density at radius 2 is 2.04 bits per heavy atom. The van der Waals surface area contributed by atoms with Crippen LogP contribution < -0.4 is 0 Å². The molecule has 7 heteroatoms. The normalized spacial score (nSPS) is 16.1. The van der Waals surface area contributed by atoms with Crippen molar-refractivity contribution in [2.24, 2.45) is 0 Å². The fourth-order valence-corrected chi connectivity index (χ4v) is 2.97. The molecule has 1 aliphatic rings. The van der Waals surface area contributed by atoms with E-state index < -0.39 is 0 Å². The number of nitrogens with zero attached hydrogens (tertiary/aromatic N) is 4. The van der Waals surface area contributed by atoms with Crippen molar-refractivity contribution in [3.8, 4) is 11.4 Å². The van der Waals surface area contributed by atoms with Crippen LogP contribution >= 0.6 is 0 Å². The van der Waals surface area contributed by atoms with E-state index in [4.69, 9.17) is 9.05 Å². The highest BCUT2D eigenvalue weighted by atomic mass is 16.5. The van der Waals surface area contributed by atoms with Gasteiger partial charge in [0, 0.05) is 30.0 Å². The van der Waals surface area contributed by atoms with Crippen LogP contribution in [0, 0.1) is 6.92 Å². The Morgan fingerprint density at radius 1 is 1.22 bits per heavy atom. The molecular formula is C16H16N4O3. The first-order valence-electron chi connectivity index (χ1n) is 7.64. The summed E-state index contributed by atoms with van der Waals surface area (Å²) in [6, 6.07) is 5.77. The molecule has 1 aromatic carbocycles. The lowest BCUT2D eigenvalue weighted by atomic mass is 9.97. The molecule has 7 nitrogen and oxygen atoms in total. The van der Waals surface area contributed by atoms with Gasteiger partial charge in [0.05, 0.1) is 5.69 Å². The lowest BCUT2D eigenvalue weighted by Crippen LogP contribution is -2.31. The van der Waals surface area contributed by atoms with Gasteiger partial charge in [0.25, 0.3) is 0 Å². The van der Waals surface area contributed by atoms with E-state index in [0.717, 1.165) is 49.0 Å². The third-order valence-electron chi connectivity index (χ3n) is 4.38. The molecular weight excluding hydrogens is 296 g/mol. The number of hydrogen-bond acceptors (Lipinski definition) is 6. The van der Waals surface area contributed by atoms with E-state index in [2.05, 4.69) is 15.3 Å². The smallest absolute Gasteiger partial charge is 0.230 e. The number of hydrogen-bond donors (Lipinski definition) is 0. The standard InChI is InChI=1S/C16H16N4O3/c1-10-13-3-2-12(8-14(13)22-18-10)15-17-16(23-19-15)11-4-6-20(9-21)7-5-11/h2-3,8-9,11H,4-7H2,1H3. The third kappa shape index (κ3) is 2.48. The van der Waals surface area contributed by atoms with E-state index in [1.165, 1.54) is 0 Å². The van der Waals surface area contributed by atoms with E-state index in [1.807, 2.05) is 25.1 Å². The maximum absolute atomic E-state index is 10.8. The Bertz CT molecular complexity index is 846. The van der Waals surface area contributed by atoms with Crippen LogP contribution in [0.4, 0.5) is 0 Å². The van der Waals surface area contributed by atoms with Crippen LogP contribution in [0.15, 0.2) is 27.2 Å². The van der Waals surface area contributed by atoms with Gasteiger partial charge in [0.2, 0.25) is 18.1 Å². The van der Waals surface area contributed by atoms with E-state index >= 15 is 0 Å². The first kappa shape index (κ1) is 13.9. The molecule has 0 radical (unpaired) electrons. The van der Waals surface area contributed by atoms with Crippen molar-refractivity contribution < 1.29 is 13.8 Å². The number of aryl methyl sites for hydroxylation is 1. The van der Waals surface area contributed by atoms with Gasteiger partial charge in [-0.3, -0.25) is 4.79 Å². The van der Waals surface area contributed by atoms with Crippen LogP contribution in [-0.4, -0.2) is 39.7 Å². The summed E-state index contributed by atoms with van der Waals surface area (Å²) in [6.07, 6.45) is 2.59. The van der Waals surface area contributed by atoms with Gasteiger partial charge < -0.3 is 13.9 Å². The molecule has 0 aliphatic carbocycles. The Morgan fingerprint density at radius 3 is 2.83 bits per heavy atom. The molecule has 118 valence electrons. The van der Waals surface area contributed by atoms with E-state index in [0.29, 0.717) is 17.3 Å². The van der Waals surface area contributed by atoms with E-state index in [-0.39, 0.29) is 5.92 Å². The fourth-order valence-electron chi connectivity index (χ4n) is 2.97. The number of aromatic nitrogens is 3. The van der Waals surface area contributed by atoms with Crippen molar-refractivity contribution in [1.82, 2.24) is 20.2 Å². The number of amides is 1. The highest BCUT2D eigenvalue weighted by Gasteiger charge is 2.25. The monoisotopic (exact) mass is 312 g/mol. The van der Waals surface area contributed by atoms with Crippen molar-refractivity contribution in [2.45, 2.75) is 25.7 Å². The molecule has 0 N–H and O–H groups in total. The average Bonchev–Trinajstić information content (AvgIpc) is 3.22. The molecule has 2 aromatic heterocycles. The van der Waals surface area contributed by atoms with Crippen LogP contribution in [0.5, 0.6) is 0 Å². The Labute approximate surface area is 132 Å². The minimum atomic E-state index is 0.212. The zero-order chi connectivity index (χ0) is 15.8. The van der Waals surface area contributed by atoms with E-state index in [1.54, 1.807) is 4.90 Å². The molecule has 3 aromatic rings. The zero-order valence-electron chi connectivity index (χ0n) is 12.7. The molecule has 1 saturated heterocycles. The topological polar surface area (TPSA) is 85.3 Å². The molecule has 3 heterocycles. The SMILES string of the molecule is Cc1noc2cc(-c3noc(C4CCN(C=O)CC4)n3)ccc12. The van der Waals surface area contributed by atoms with Crippen molar-refractivity contribution in [3.05, 3.63) is 29.8 Å². The van der Waals surface area contributed by atoms with Gasteiger partial charge in [0.1, 0.15) is 0 Å². The summed E-state index contributed by atoms with van der Waals surface area (Å²) >= 11 is 0. The van der Waals surface area contributed by atoms with Crippen LogP contribution in [0.1, 0.15) is 30.3 Å². The second kappa shape index (κ2) is 5.49. The summed E-state index contributed by atoms with van der Waals surface area (Å²) in [5, 5.41) is 9.02. The Hall–Kier alpha value is -2.70. The quantitative estimate of drug-likeness (QED) is 0.691. The molecule has 23 heavy (non-hydrogen) atoms. The number of carbonyl (C=O) groups is 1. The molecule has 0 unspecified atom stereocenters.